The molecule has 0 spiro atoms. The van der Waals surface area contributed by atoms with Crippen molar-refractivity contribution in [2.24, 2.45) is 0 Å². The highest BCUT2D eigenvalue weighted by Crippen LogP contribution is 2.20. The fraction of sp³-hybridized carbons (Fsp3) is 0.471. The molecule has 0 aliphatic carbocycles. The molecule has 3 heterocycles. The van der Waals surface area contributed by atoms with Gasteiger partial charge >= 0.3 is 5.63 Å². The maximum atomic E-state index is 12.5. The Labute approximate surface area is 139 Å². The average molecular weight is 332 g/mol. The predicted octanol–water partition coefficient (Wildman–Crippen LogP) is 1.78. The van der Waals surface area contributed by atoms with Gasteiger partial charge in [-0.05, 0) is 20.8 Å². The number of aryl methyl sites for hydroxylation is 3. The smallest absolute Gasteiger partial charge is 0.339 e. The average Bonchev–Trinajstić information content (AvgIpc) is 3.08. The summed E-state index contributed by atoms with van der Waals surface area (Å²) in [4.78, 5) is 25.6. The van der Waals surface area contributed by atoms with Crippen LogP contribution in [-0.2, 0) is 11.2 Å². The number of amides is 1. The Morgan fingerprint density at radius 3 is 2.83 bits per heavy atom. The molecule has 7 nitrogen and oxygen atoms in total. The summed E-state index contributed by atoms with van der Waals surface area (Å²) in [6, 6.07) is 3.00. The van der Waals surface area contributed by atoms with Gasteiger partial charge in [0.25, 0.3) is 0 Å². The van der Waals surface area contributed by atoms with Crippen molar-refractivity contribution in [1.82, 2.24) is 10.1 Å². The summed E-state index contributed by atoms with van der Waals surface area (Å²) in [6.45, 7) is 6.47. The minimum atomic E-state index is -0.436. The highest BCUT2D eigenvalue weighted by molar-refractivity contribution is 5.79. The van der Waals surface area contributed by atoms with E-state index in [1.807, 2.05) is 13.8 Å². The largest absolute Gasteiger partial charge is 0.488 e. The van der Waals surface area contributed by atoms with Crippen molar-refractivity contribution in [2.45, 2.75) is 39.7 Å². The number of ether oxygens (including phenoxy) is 1. The molecule has 0 radical (unpaired) electrons. The summed E-state index contributed by atoms with van der Waals surface area (Å²) in [5.41, 5.74) is 1.16. The van der Waals surface area contributed by atoms with Crippen LogP contribution >= 0.6 is 0 Å². The van der Waals surface area contributed by atoms with E-state index in [1.54, 1.807) is 17.9 Å². The van der Waals surface area contributed by atoms with Crippen LogP contribution in [0.1, 0.15) is 29.2 Å². The van der Waals surface area contributed by atoms with E-state index in [0.717, 1.165) is 17.7 Å². The summed E-state index contributed by atoms with van der Waals surface area (Å²) in [6.07, 6.45) is 0.883. The summed E-state index contributed by atoms with van der Waals surface area (Å²) in [5, 5.41) is 3.87. The van der Waals surface area contributed by atoms with Crippen LogP contribution in [0.4, 0.5) is 0 Å². The Morgan fingerprint density at radius 1 is 1.38 bits per heavy atom. The van der Waals surface area contributed by atoms with Crippen LogP contribution in [0.3, 0.4) is 0 Å². The zero-order valence-electron chi connectivity index (χ0n) is 14.0. The molecule has 1 amide bonds. The first-order chi connectivity index (χ1) is 11.4. The summed E-state index contributed by atoms with van der Waals surface area (Å²) >= 11 is 0. The maximum absolute atomic E-state index is 12.5. The van der Waals surface area contributed by atoms with E-state index in [2.05, 4.69) is 5.16 Å². The highest BCUT2D eigenvalue weighted by Gasteiger charge is 2.28. The second-order valence-corrected chi connectivity index (χ2v) is 6.07. The third-order valence-corrected chi connectivity index (χ3v) is 4.18. The number of carbonyl (C=O) groups excluding carboxylic acids is 1. The zero-order valence-corrected chi connectivity index (χ0v) is 14.0. The van der Waals surface area contributed by atoms with E-state index in [1.165, 1.54) is 6.07 Å². The lowest BCUT2D eigenvalue weighted by Crippen LogP contribution is -2.32. The first-order valence-electron chi connectivity index (χ1n) is 7.90. The van der Waals surface area contributed by atoms with Crippen LogP contribution in [0.15, 0.2) is 25.9 Å². The van der Waals surface area contributed by atoms with Crippen molar-refractivity contribution in [3.05, 3.63) is 45.3 Å². The zero-order chi connectivity index (χ0) is 17.3. The number of aromatic nitrogens is 1. The van der Waals surface area contributed by atoms with Gasteiger partial charge in [-0.25, -0.2) is 4.79 Å². The Hall–Kier alpha value is -2.57. The van der Waals surface area contributed by atoms with Crippen LogP contribution in [0.5, 0.6) is 5.75 Å². The third-order valence-electron chi connectivity index (χ3n) is 4.18. The lowest BCUT2D eigenvalue weighted by Gasteiger charge is -2.17. The van der Waals surface area contributed by atoms with Gasteiger partial charge in [-0.1, -0.05) is 5.16 Å². The molecule has 0 aromatic carbocycles. The standard InChI is InChI=1S/C17H20N2O5/c1-10-6-14(7-17(21)22-10)23-13-4-5-19(9-13)16(20)8-15-11(2)18-24-12(15)3/h6-7,13H,4-5,8-9H2,1-3H3. The molecule has 128 valence electrons. The molecule has 1 saturated heterocycles. The highest BCUT2D eigenvalue weighted by atomic mass is 16.5. The van der Waals surface area contributed by atoms with Gasteiger partial charge < -0.3 is 18.6 Å². The number of likely N-dealkylation sites (tertiary alicyclic amines) is 1. The Morgan fingerprint density at radius 2 is 2.17 bits per heavy atom. The molecule has 1 unspecified atom stereocenters. The predicted molar refractivity (Wildman–Crippen MR) is 85.0 cm³/mol. The summed E-state index contributed by atoms with van der Waals surface area (Å²) in [7, 11) is 0. The van der Waals surface area contributed by atoms with Crippen molar-refractivity contribution in [1.29, 1.82) is 0 Å². The van der Waals surface area contributed by atoms with Crippen LogP contribution in [-0.4, -0.2) is 35.2 Å². The van der Waals surface area contributed by atoms with Gasteiger partial charge in [0, 0.05) is 24.6 Å². The van der Waals surface area contributed by atoms with E-state index < -0.39 is 5.63 Å². The molecule has 0 N–H and O–H groups in total. The number of nitrogens with zero attached hydrogens (tertiary/aromatic N) is 2. The molecule has 0 bridgehead atoms. The van der Waals surface area contributed by atoms with Gasteiger partial charge in [-0.2, -0.15) is 0 Å². The van der Waals surface area contributed by atoms with Gasteiger partial charge in [0.1, 0.15) is 23.4 Å². The molecule has 1 aliphatic rings. The molecular weight excluding hydrogens is 312 g/mol. The monoisotopic (exact) mass is 332 g/mol. The van der Waals surface area contributed by atoms with E-state index in [-0.39, 0.29) is 18.4 Å². The fourth-order valence-corrected chi connectivity index (χ4v) is 2.90. The van der Waals surface area contributed by atoms with Crippen LogP contribution in [0.2, 0.25) is 0 Å². The molecule has 7 heteroatoms. The molecule has 1 fully saturated rings. The molecule has 1 atom stereocenters. The first kappa shape index (κ1) is 16.3. The fourth-order valence-electron chi connectivity index (χ4n) is 2.90. The SMILES string of the molecule is Cc1cc(OC2CCN(C(=O)Cc3c(C)noc3C)C2)cc(=O)o1. The Kier molecular flexibility index (Phi) is 4.42. The van der Waals surface area contributed by atoms with Crippen molar-refractivity contribution in [3.63, 3.8) is 0 Å². The quantitative estimate of drug-likeness (QED) is 0.848. The molecule has 2 aromatic heterocycles. The molecule has 3 rings (SSSR count). The van der Waals surface area contributed by atoms with E-state index in [9.17, 15) is 9.59 Å². The minimum absolute atomic E-state index is 0.0271. The third kappa shape index (κ3) is 3.50. The lowest BCUT2D eigenvalue weighted by atomic mass is 10.1. The molecular formula is C17H20N2O5. The molecule has 0 saturated carbocycles. The van der Waals surface area contributed by atoms with Gasteiger partial charge in [-0.3, -0.25) is 4.79 Å². The molecule has 24 heavy (non-hydrogen) atoms. The lowest BCUT2D eigenvalue weighted by molar-refractivity contribution is -0.129. The second kappa shape index (κ2) is 6.51. The van der Waals surface area contributed by atoms with Crippen molar-refractivity contribution in [2.75, 3.05) is 13.1 Å². The van der Waals surface area contributed by atoms with E-state index in [0.29, 0.717) is 30.4 Å². The molecule has 1 aliphatic heterocycles. The number of hydrogen-bond acceptors (Lipinski definition) is 6. The van der Waals surface area contributed by atoms with Gasteiger partial charge in [-0.15, -0.1) is 0 Å². The minimum Gasteiger partial charge on any atom is -0.488 e. The second-order valence-electron chi connectivity index (χ2n) is 6.07. The van der Waals surface area contributed by atoms with Crippen molar-refractivity contribution in [3.8, 4) is 5.75 Å². The van der Waals surface area contributed by atoms with Gasteiger partial charge in [0.2, 0.25) is 5.91 Å². The van der Waals surface area contributed by atoms with E-state index in [4.69, 9.17) is 13.7 Å². The van der Waals surface area contributed by atoms with Crippen LogP contribution in [0, 0.1) is 20.8 Å². The first-order valence-corrected chi connectivity index (χ1v) is 7.90. The number of carbonyl (C=O) groups is 1. The number of rotatable bonds is 4. The Bertz CT molecular complexity index is 788. The van der Waals surface area contributed by atoms with Gasteiger partial charge in [0.15, 0.2) is 0 Å². The summed E-state index contributed by atoms with van der Waals surface area (Å²) < 4.78 is 15.8. The van der Waals surface area contributed by atoms with Gasteiger partial charge in [0.05, 0.1) is 24.7 Å². The maximum Gasteiger partial charge on any atom is 0.339 e. The normalized spacial score (nSPS) is 17.3. The summed E-state index contributed by atoms with van der Waals surface area (Å²) in [5.74, 6) is 1.69. The van der Waals surface area contributed by atoms with Crippen molar-refractivity contribution < 1.29 is 18.5 Å². The Balaban J connectivity index is 1.60. The molecule has 2 aromatic rings. The van der Waals surface area contributed by atoms with E-state index >= 15 is 0 Å². The topological polar surface area (TPSA) is 85.8 Å². The van der Waals surface area contributed by atoms with Crippen molar-refractivity contribution >= 4 is 5.91 Å². The van der Waals surface area contributed by atoms with Crippen LogP contribution in [0.25, 0.3) is 0 Å². The number of hydrogen-bond donors (Lipinski definition) is 0. The van der Waals surface area contributed by atoms with Crippen LogP contribution < -0.4 is 10.4 Å².